The van der Waals surface area contributed by atoms with Crippen LogP contribution in [-0.4, -0.2) is 43.6 Å². The first-order valence-electron chi connectivity index (χ1n) is 4.77. The van der Waals surface area contributed by atoms with Crippen LogP contribution in [0.15, 0.2) is 18.5 Å². The zero-order valence-corrected chi connectivity index (χ0v) is 8.51. The molecule has 74 valence electrons. The number of likely N-dealkylation sites (N-methyl/N-ethyl adjacent to an activating group) is 2. The molecule has 1 rings (SSSR count). The predicted octanol–water partition coefficient (Wildman–Crippen LogP) is 0.708. The number of aromatic nitrogens is 1. The van der Waals surface area contributed by atoms with E-state index in [1.165, 1.54) is 5.56 Å². The Balaban J connectivity index is 2.11. The fourth-order valence-corrected chi connectivity index (χ4v) is 1.25. The van der Waals surface area contributed by atoms with E-state index in [1.807, 2.05) is 13.2 Å². The average molecular weight is 181 g/mol. The molecule has 1 heterocycles. The van der Waals surface area contributed by atoms with Crippen molar-refractivity contribution in [3.63, 3.8) is 0 Å². The Labute approximate surface area is 80.1 Å². The first-order chi connectivity index (χ1) is 6.33. The highest BCUT2D eigenvalue weighted by Gasteiger charge is 1.98. The van der Waals surface area contributed by atoms with E-state index in [0.717, 1.165) is 26.1 Å². The molecule has 3 heteroatoms. The van der Waals surface area contributed by atoms with Crippen molar-refractivity contribution in [3.8, 4) is 0 Å². The summed E-state index contributed by atoms with van der Waals surface area (Å²) in [7, 11) is 4.14. The summed E-state index contributed by atoms with van der Waals surface area (Å²) in [6, 6.07) is 2.13. The van der Waals surface area contributed by atoms with Crippen LogP contribution in [0.2, 0.25) is 0 Å². The van der Waals surface area contributed by atoms with Gasteiger partial charge < -0.3 is 15.2 Å². The van der Waals surface area contributed by atoms with Gasteiger partial charge in [-0.2, -0.15) is 0 Å². The van der Waals surface area contributed by atoms with Gasteiger partial charge in [-0.1, -0.05) is 0 Å². The Morgan fingerprint density at radius 1 is 1.46 bits per heavy atom. The highest BCUT2D eigenvalue weighted by Crippen LogP contribution is 1.98. The van der Waals surface area contributed by atoms with E-state index in [-0.39, 0.29) is 0 Å². The van der Waals surface area contributed by atoms with Crippen molar-refractivity contribution >= 4 is 0 Å². The van der Waals surface area contributed by atoms with Gasteiger partial charge in [-0.05, 0) is 32.1 Å². The van der Waals surface area contributed by atoms with Gasteiger partial charge in [0.05, 0.1) is 0 Å². The molecule has 1 aromatic heterocycles. The summed E-state index contributed by atoms with van der Waals surface area (Å²) in [6.45, 7) is 3.30. The Morgan fingerprint density at radius 2 is 2.31 bits per heavy atom. The number of aromatic amines is 1. The van der Waals surface area contributed by atoms with Crippen molar-refractivity contribution in [2.24, 2.45) is 0 Å². The van der Waals surface area contributed by atoms with E-state index in [0.29, 0.717) is 0 Å². The standard InChI is InChI=1S/C10H19N3/c1-11-6-8-13(2)7-4-10-3-5-12-9-10/h3,5,9,11-12H,4,6-8H2,1-2H3. The summed E-state index contributed by atoms with van der Waals surface area (Å²) in [5.41, 5.74) is 1.39. The van der Waals surface area contributed by atoms with Crippen molar-refractivity contribution in [1.29, 1.82) is 0 Å². The molecule has 0 fully saturated rings. The minimum Gasteiger partial charge on any atom is -0.367 e. The number of H-pyrrole nitrogens is 1. The average Bonchev–Trinajstić information content (AvgIpc) is 2.64. The van der Waals surface area contributed by atoms with Crippen LogP contribution in [0, 0.1) is 0 Å². The molecule has 1 aromatic rings. The first-order valence-corrected chi connectivity index (χ1v) is 4.77. The van der Waals surface area contributed by atoms with E-state index in [9.17, 15) is 0 Å². The van der Waals surface area contributed by atoms with Gasteiger partial charge in [0.2, 0.25) is 0 Å². The highest BCUT2D eigenvalue weighted by molar-refractivity contribution is 5.08. The molecule has 0 aliphatic heterocycles. The maximum Gasteiger partial charge on any atom is 0.0104 e. The molecule has 13 heavy (non-hydrogen) atoms. The van der Waals surface area contributed by atoms with Gasteiger partial charge in [0.15, 0.2) is 0 Å². The van der Waals surface area contributed by atoms with Gasteiger partial charge in [-0.15, -0.1) is 0 Å². The molecular weight excluding hydrogens is 162 g/mol. The molecule has 0 unspecified atom stereocenters. The summed E-state index contributed by atoms with van der Waals surface area (Å²) in [4.78, 5) is 5.40. The second-order valence-electron chi connectivity index (χ2n) is 3.38. The number of rotatable bonds is 6. The molecule has 0 aliphatic rings. The van der Waals surface area contributed by atoms with Gasteiger partial charge in [0, 0.05) is 32.0 Å². The molecule has 2 N–H and O–H groups in total. The lowest BCUT2D eigenvalue weighted by Crippen LogP contribution is -2.28. The molecule has 0 aromatic carbocycles. The summed E-state index contributed by atoms with van der Waals surface area (Å²) in [5, 5.41) is 3.14. The minimum atomic E-state index is 1.06. The third-order valence-corrected chi connectivity index (χ3v) is 2.19. The van der Waals surface area contributed by atoms with Gasteiger partial charge >= 0.3 is 0 Å². The molecule has 0 saturated heterocycles. The van der Waals surface area contributed by atoms with Crippen molar-refractivity contribution in [1.82, 2.24) is 15.2 Å². The van der Waals surface area contributed by atoms with Crippen molar-refractivity contribution in [2.45, 2.75) is 6.42 Å². The zero-order valence-electron chi connectivity index (χ0n) is 8.51. The lowest BCUT2D eigenvalue weighted by molar-refractivity contribution is 0.339. The van der Waals surface area contributed by atoms with Crippen LogP contribution in [0.25, 0.3) is 0 Å². The van der Waals surface area contributed by atoms with Crippen LogP contribution in [0.4, 0.5) is 0 Å². The number of hydrogen-bond donors (Lipinski definition) is 2. The Bertz CT molecular complexity index is 206. The van der Waals surface area contributed by atoms with Gasteiger partial charge in [0.1, 0.15) is 0 Å². The third kappa shape index (κ3) is 4.10. The lowest BCUT2D eigenvalue weighted by atomic mass is 10.2. The molecular formula is C10H19N3. The Hall–Kier alpha value is -0.800. The topological polar surface area (TPSA) is 31.1 Å². The second kappa shape index (κ2) is 5.78. The SMILES string of the molecule is CNCCN(C)CCc1cc[nH]c1. The molecule has 0 aliphatic carbocycles. The number of nitrogens with zero attached hydrogens (tertiary/aromatic N) is 1. The van der Waals surface area contributed by atoms with E-state index < -0.39 is 0 Å². The molecule has 0 spiro atoms. The molecule has 0 saturated carbocycles. The maximum absolute atomic E-state index is 3.14. The smallest absolute Gasteiger partial charge is 0.0104 e. The monoisotopic (exact) mass is 181 g/mol. The lowest BCUT2D eigenvalue weighted by Gasteiger charge is -2.15. The van der Waals surface area contributed by atoms with E-state index in [1.54, 1.807) is 0 Å². The molecule has 0 radical (unpaired) electrons. The maximum atomic E-state index is 3.14. The van der Waals surface area contributed by atoms with Crippen molar-refractivity contribution in [2.75, 3.05) is 33.7 Å². The van der Waals surface area contributed by atoms with Crippen molar-refractivity contribution in [3.05, 3.63) is 24.0 Å². The van der Waals surface area contributed by atoms with Crippen LogP contribution in [0.5, 0.6) is 0 Å². The van der Waals surface area contributed by atoms with E-state index in [4.69, 9.17) is 0 Å². The molecule has 0 amide bonds. The Morgan fingerprint density at radius 3 is 2.92 bits per heavy atom. The van der Waals surface area contributed by atoms with Crippen LogP contribution in [-0.2, 0) is 6.42 Å². The quantitative estimate of drug-likeness (QED) is 0.677. The summed E-state index contributed by atoms with van der Waals surface area (Å²) >= 11 is 0. The highest BCUT2D eigenvalue weighted by atomic mass is 15.1. The summed E-state index contributed by atoms with van der Waals surface area (Å²) < 4.78 is 0. The van der Waals surface area contributed by atoms with Gasteiger partial charge in [-0.25, -0.2) is 0 Å². The predicted molar refractivity (Wildman–Crippen MR) is 55.9 cm³/mol. The normalized spacial score (nSPS) is 11.0. The summed E-state index contributed by atoms with van der Waals surface area (Å²) in [5.74, 6) is 0. The van der Waals surface area contributed by atoms with Crippen LogP contribution >= 0.6 is 0 Å². The molecule has 3 nitrogen and oxygen atoms in total. The van der Waals surface area contributed by atoms with Gasteiger partial charge in [0.25, 0.3) is 0 Å². The van der Waals surface area contributed by atoms with Crippen LogP contribution in [0.1, 0.15) is 5.56 Å². The third-order valence-electron chi connectivity index (χ3n) is 2.19. The second-order valence-corrected chi connectivity index (χ2v) is 3.38. The van der Waals surface area contributed by atoms with Crippen LogP contribution < -0.4 is 5.32 Å². The Kier molecular flexibility index (Phi) is 4.57. The molecule has 0 bridgehead atoms. The largest absolute Gasteiger partial charge is 0.367 e. The van der Waals surface area contributed by atoms with E-state index >= 15 is 0 Å². The number of hydrogen-bond acceptors (Lipinski definition) is 2. The van der Waals surface area contributed by atoms with Crippen LogP contribution in [0.3, 0.4) is 0 Å². The fraction of sp³-hybridized carbons (Fsp3) is 0.600. The van der Waals surface area contributed by atoms with Gasteiger partial charge in [-0.3, -0.25) is 0 Å². The first kappa shape index (κ1) is 10.3. The zero-order chi connectivity index (χ0) is 9.52. The summed E-state index contributed by atoms with van der Waals surface area (Å²) in [6.07, 6.45) is 5.17. The van der Waals surface area contributed by atoms with E-state index in [2.05, 4.69) is 34.5 Å². The molecule has 0 atom stereocenters. The van der Waals surface area contributed by atoms with Crippen molar-refractivity contribution < 1.29 is 0 Å². The minimum absolute atomic E-state index is 1.06. The fourth-order valence-electron chi connectivity index (χ4n) is 1.25. The number of nitrogens with one attached hydrogen (secondary N) is 2.